The largest absolute Gasteiger partial charge is 0.372 e. The highest BCUT2D eigenvalue weighted by molar-refractivity contribution is 5.92. The van der Waals surface area contributed by atoms with E-state index in [1.807, 2.05) is 4.57 Å². The van der Waals surface area contributed by atoms with Crippen molar-refractivity contribution in [3.05, 3.63) is 17.7 Å². The maximum atomic E-state index is 12.5. The molecule has 2 heterocycles. The van der Waals surface area contributed by atoms with Crippen LogP contribution in [0, 0.1) is 0 Å². The molecule has 2 atom stereocenters. The van der Waals surface area contributed by atoms with Crippen molar-refractivity contribution in [2.24, 2.45) is 0 Å². The number of carbonyl (C=O) groups is 1. The number of hydrogen-bond acceptors (Lipinski definition) is 4. The van der Waals surface area contributed by atoms with Gasteiger partial charge in [0.05, 0.1) is 24.9 Å². The van der Waals surface area contributed by atoms with Crippen LogP contribution in [0.15, 0.2) is 6.20 Å². The van der Waals surface area contributed by atoms with Gasteiger partial charge in [-0.05, 0) is 12.8 Å². The lowest BCUT2D eigenvalue weighted by atomic mass is 9.92. The SMILES string of the molecule is O=C(N[C@@H]1CCCC[C@H]1OC(F)F)c1cnc2n1CCOC2. The number of rotatable bonds is 4. The minimum atomic E-state index is -2.82. The van der Waals surface area contributed by atoms with Crippen molar-refractivity contribution in [3.63, 3.8) is 0 Å². The minimum absolute atomic E-state index is 0.296. The van der Waals surface area contributed by atoms with E-state index in [0.717, 1.165) is 12.8 Å². The number of ether oxygens (including phenoxy) is 2. The van der Waals surface area contributed by atoms with Crippen molar-refractivity contribution in [2.75, 3.05) is 6.61 Å². The van der Waals surface area contributed by atoms with E-state index in [1.165, 1.54) is 6.20 Å². The molecular formula is C14H19F2N3O3. The Hall–Kier alpha value is -1.54. The molecule has 0 bridgehead atoms. The van der Waals surface area contributed by atoms with Gasteiger partial charge in [0.1, 0.15) is 18.1 Å². The maximum absolute atomic E-state index is 12.5. The molecule has 0 aromatic carbocycles. The van der Waals surface area contributed by atoms with E-state index in [1.54, 1.807) is 0 Å². The van der Waals surface area contributed by atoms with E-state index in [-0.39, 0.29) is 11.9 Å². The number of amides is 1. The molecule has 0 unspecified atom stereocenters. The minimum Gasteiger partial charge on any atom is -0.372 e. The third-order valence-electron chi connectivity index (χ3n) is 4.16. The summed E-state index contributed by atoms with van der Waals surface area (Å²) < 4.78 is 36.7. The second kappa shape index (κ2) is 6.70. The molecule has 1 aromatic heterocycles. The first kappa shape index (κ1) is 15.4. The number of nitrogens with zero attached hydrogens (tertiary/aromatic N) is 2. The number of imidazole rings is 1. The molecule has 1 amide bonds. The first-order valence-corrected chi connectivity index (χ1v) is 7.52. The molecule has 3 rings (SSSR count). The molecule has 2 aliphatic rings. The number of halogens is 2. The summed E-state index contributed by atoms with van der Waals surface area (Å²) >= 11 is 0. The number of aromatic nitrogens is 2. The van der Waals surface area contributed by atoms with E-state index in [4.69, 9.17) is 4.74 Å². The average molecular weight is 315 g/mol. The summed E-state index contributed by atoms with van der Waals surface area (Å²) in [5, 5.41) is 2.83. The van der Waals surface area contributed by atoms with E-state index < -0.39 is 12.7 Å². The van der Waals surface area contributed by atoms with E-state index in [9.17, 15) is 13.6 Å². The normalized spacial score (nSPS) is 25.0. The summed E-state index contributed by atoms with van der Waals surface area (Å²) in [5.74, 6) is 0.413. The fraction of sp³-hybridized carbons (Fsp3) is 0.714. The van der Waals surface area contributed by atoms with Crippen LogP contribution < -0.4 is 5.32 Å². The fourth-order valence-corrected chi connectivity index (χ4v) is 3.08. The molecular weight excluding hydrogens is 296 g/mol. The Morgan fingerprint density at radius 3 is 3.09 bits per heavy atom. The predicted molar refractivity (Wildman–Crippen MR) is 72.5 cm³/mol. The Labute approximate surface area is 126 Å². The van der Waals surface area contributed by atoms with Crippen LogP contribution in [0.3, 0.4) is 0 Å². The number of fused-ring (bicyclic) bond motifs is 1. The molecule has 122 valence electrons. The van der Waals surface area contributed by atoms with Gasteiger partial charge in [-0.3, -0.25) is 4.79 Å². The van der Waals surface area contributed by atoms with Crippen LogP contribution in [-0.2, 0) is 22.6 Å². The first-order chi connectivity index (χ1) is 10.6. The van der Waals surface area contributed by atoms with Crippen LogP contribution in [-0.4, -0.2) is 40.8 Å². The second-order valence-corrected chi connectivity index (χ2v) is 5.56. The van der Waals surface area contributed by atoms with Crippen molar-refractivity contribution in [3.8, 4) is 0 Å². The highest BCUT2D eigenvalue weighted by Crippen LogP contribution is 2.23. The van der Waals surface area contributed by atoms with Crippen LogP contribution in [0.4, 0.5) is 8.78 Å². The van der Waals surface area contributed by atoms with Gasteiger partial charge in [-0.1, -0.05) is 12.8 Å². The smallest absolute Gasteiger partial charge is 0.345 e. The van der Waals surface area contributed by atoms with Gasteiger partial charge in [-0.25, -0.2) is 4.98 Å². The Kier molecular flexibility index (Phi) is 4.68. The summed E-state index contributed by atoms with van der Waals surface area (Å²) in [6.45, 7) is -1.33. The van der Waals surface area contributed by atoms with Gasteiger partial charge in [0, 0.05) is 6.54 Å². The Balaban J connectivity index is 1.68. The zero-order valence-electron chi connectivity index (χ0n) is 12.1. The number of hydrogen-bond donors (Lipinski definition) is 1. The lowest BCUT2D eigenvalue weighted by molar-refractivity contribution is -0.175. The van der Waals surface area contributed by atoms with Crippen LogP contribution in [0.5, 0.6) is 0 Å². The molecule has 0 radical (unpaired) electrons. The average Bonchev–Trinajstić information content (AvgIpc) is 2.93. The van der Waals surface area contributed by atoms with Crippen LogP contribution in [0.2, 0.25) is 0 Å². The first-order valence-electron chi connectivity index (χ1n) is 7.52. The maximum Gasteiger partial charge on any atom is 0.345 e. The Morgan fingerprint density at radius 1 is 1.45 bits per heavy atom. The molecule has 0 spiro atoms. The van der Waals surface area contributed by atoms with E-state index in [2.05, 4.69) is 15.0 Å². The highest BCUT2D eigenvalue weighted by Gasteiger charge is 2.31. The Bertz CT molecular complexity index is 535. The molecule has 1 aliphatic carbocycles. The monoisotopic (exact) mass is 315 g/mol. The topological polar surface area (TPSA) is 65.4 Å². The van der Waals surface area contributed by atoms with Crippen LogP contribution in [0.1, 0.15) is 42.0 Å². The van der Waals surface area contributed by atoms with Crippen molar-refractivity contribution in [1.29, 1.82) is 0 Å². The van der Waals surface area contributed by atoms with Crippen LogP contribution >= 0.6 is 0 Å². The third kappa shape index (κ3) is 3.27. The summed E-state index contributed by atoms with van der Waals surface area (Å²) in [4.78, 5) is 16.6. The lowest BCUT2D eigenvalue weighted by Crippen LogP contribution is -2.47. The molecule has 1 aliphatic heterocycles. The molecule has 6 nitrogen and oxygen atoms in total. The quantitative estimate of drug-likeness (QED) is 0.918. The second-order valence-electron chi connectivity index (χ2n) is 5.56. The Morgan fingerprint density at radius 2 is 2.27 bits per heavy atom. The fourth-order valence-electron chi connectivity index (χ4n) is 3.08. The zero-order valence-corrected chi connectivity index (χ0v) is 12.1. The van der Waals surface area contributed by atoms with Gasteiger partial charge in [0.2, 0.25) is 0 Å². The standard InChI is InChI=1S/C14H19F2N3O3/c15-14(16)22-11-4-2-1-3-9(11)18-13(20)10-7-17-12-8-21-6-5-19(10)12/h7,9,11,14H,1-6,8H2,(H,18,20)/t9-,11-/m1/s1. The van der Waals surface area contributed by atoms with Crippen LogP contribution in [0.25, 0.3) is 0 Å². The van der Waals surface area contributed by atoms with Crippen molar-refractivity contribution >= 4 is 5.91 Å². The van der Waals surface area contributed by atoms with Gasteiger partial charge in [0.15, 0.2) is 0 Å². The van der Waals surface area contributed by atoms with E-state index in [0.29, 0.717) is 44.1 Å². The van der Waals surface area contributed by atoms with Crippen molar-refractivity contribution in [2.45, 2.75) is 57.6 Å². The number of alkyl halides is 2. The molecule has 1 aromatic rings. The molecule has 22 heavy (non-hydrogen) atoms. The van der Waals surface area contributed by atoms with Gasteiger partial charge < -0.3 is 19.4 Å². The third-order valence-corrected chi connectivity index (χ3v) is 4.16. The summed E-state index contributed by atoms with van der Waals surface area (Å²) in [7, 11) is 0. The van der Waals surface area contributed by atoms with Crippen molar-refractivity contribution < 1.29 is 23.0 Å². The molecule has 8 heteroatoms. The van der Waals surface area contributed by atoms with Gasteiger partial charge in [-0.2, -0.15) is 8.78 Å². The molecule has 1 saturated carbocycles. The summed E-state index contributed by atoms with van der Waals surface area (Å²) in [5.41, 5.74) is 0.444. The van der Waals surface area contributed by atoms with Gasteiger partial charge >= 0.3 is 6.61 Å². The van der Waals surface area contributed by atoms with Gasteiger partial charge in [0.25, 0.3) is 5.91 Å². The molecule has 0 saturated heterocycles. The number of carbonyl (C=O) groups excluding carboxylic acids is 1. The van der Waals surface area contributed by atoms with E-state index >= 15 is 0 Å². The highest BCUT2D eigenvalue weighted by atomic mass is 19.3. The van der Waals surface area contributed by atoms with Gasteiger partial charge in [-0.15, -0.1) is 0 Å². The summed E-state index contributed by atoms with van der Waals surface area (Å²) in [6, 6.07) is -0.388. The summed E-state index contributed by atoms with van der Waals surface area (Å²) in [6.07, 6.45) is 3.78. The predicted octanol–water partition coefficient (Wildman–Crippen LogP) is 1.69. The van der Waals surface area contributed by atoms with Crippen molar-refractivity contribution in [1.82, 2.24) is 14.9 Å². The molecule has 1 fully saturated rings. The zero-order chi connectivity index (χ0) is 15.5. The number of nitrogens with one attached hydrogen (secondary N) is 1. The lowest BCUT2D eigenvalue weighted by Gasteiger charge is -2.31. The molecule has 1 N–H and O–H groups in total.